The molecule has 0 saturated carbocycles. The SMILES string of the molecule is CCOc1ccc(C(=O)NC(=NC[C@H]2CCCO2)Nc2ccc(C(C)C)cc2)cc1. The van der Waals surface area contributed by atoms with Gasteiger partial charge in [0.05, 0.1) is 19.3 Å². The van der Waals surface area contributed by atoms with Crippen LogP contribution in [0.15, 0.2) is 53.5 Å². The fourth-order valence-corrected chi connectivity index (χ4v) is 3.23. The average Bonchev–Trinajstić information content (AvgIpc) is 3.27. The van der Waals surface area contributed by atoms with Crippen molar-refractivity contribution in [2.24, 2.45) is 4.99 Å². The summed E-state index contributed by atoms with van der Waals surface area (Å²) in [4.78, 5) is 17.3. The summed E-state index contributed by atoms with van der Waals surface area (Å²) in [5, 5.41) is 6.14. The lowest BCUT2D eigenvalue weighted by molar-refractivity contribution is 0.0975. The van der Waals surface area contributed by atoms with E-state index in [1.807, 2.05) is 19.1 Å². The molecule has 1 atom stereocenters. The first-order chi connectivity index (χ1) is 14.5. The summed E-state index contributed by atoms with van der Waals surface area (Å²) < 4.78 is 11.1. The number of amides is 1. The van der Waals surface area contributed by atoms with Crippen LogP contribution < -0.4 is 15.4 Å². The molecule has 0 bridgehead atoms. The summed E-state index contributed by atoms with van der Waals surface area (Å²) in [6.45, 7) is 8.12. The number of carbonyl (C=O) groups excluding carboxylic acids is 1. The van der Waals surface area contributed by atoms with Gasteiger partial charge in [-0.25, -0.2) is 4.99 Å². The van der Waals surface area contributed by atoms with Crippen molar-refractivity contribution in [2.75, 3.05) is 25.1 Å². The first-order valence-corrected chi connectivity index (χ1v) is 10.6. The van der Waals surface area contributed by atoms with E-state index in [0.29, 0.717) is 30.6 Å². The summed E-state index contributed by atoms with van der Waals surface area (Å²) in [5.74, 6) is 1.40. The van der Waals surface area contributed by atoms with E-state index < -0.39 is 0 Å². The van der Waals surface area contributed by atoms with Crippen molar-refractivity contribution in [2.45, 2.75) is 45.6 Å². The van der Waals surface area contributed by atoms with E-state index in [0.717, 1.165) is 30.9 Å². The van der Waals surface area contributed by atoms with Gasteiger partial charge in [-0.1, -0.05) is 26.0 Å². The number of ether oxygens (including phenoxy) is 2. The number of benzene rings is 2. The van der Waals surface area contributed by atoms with Crippen molar-refractivity contribution in [1.82, 2.24) is 5.32 Å². The van der Waals surface area contributed by atoms with E-state index in [1.165, 1.54) is 5.56 Å². The number of nitrogens with one attached hydrogen (secondary N) is 2. The molecule has 1 heterocycles. The molecular weight excluding hydrogens is 378 g/mol. The molecule has 1 fully saturated rings. The van der Waals surface area contributed by atoms with Gasteiger partial charge in [-0.05, 0) is 67.6 Å². The lowest BCUT2D eigenvalue weighted by atomic mass is 10.0. The molecule has 160 valence electrons. The van der Waals surface area contributed by atoms with Crippen molar-refractivity contribution < 1.29 is 14.3 Å². The van der Waals surface area contributed by atoms with Crippen molar-refractivity contribution in [3.8, 4) is 5.75 Å². The fourth-order valence-electron chi connectivity index (χ4n) is 3.23. The summed E-state index contributed by atoms with van der Waals surface area (Å²) in [6.07, 6.45) is 2.15. The van der Waals surface area contributed by atoms with Crippen LogP contribution in [-0.4, -0.2) is 37.7 Å². The van der Waals surface area contributed by atoms with Gasteiger partial charge in [0.1, 0.15) is 5.75 Å². The molecule has 3 rings (SSSR count). The van der Waals surface area contributed by atoms with Crippen LogP contribution in [0.2, 0.25) is 0 Å². The second kappa shape index (κ2) is 10.8. The number of aliphatic imine (C=N–C) groups is 1. The number of rotatable bonds is 7. The summed E-state index contributed by atoms with van der Waals surface area (Å²) in [7, 11) is 0. The van der Waals surface area contributed by atoms with Gasteiger partial charge in [0, 0.05) is 17.9 Å². The third-order valence-corrected chi connectivity index (χ3v) is 4.98. The van der Waals surface area contributed by atoms with Crippen molar-refractivity contribution in [1.29, 1.82) is 0 Å². The molecule has 6 nitrogen and oxygen atoms in total. The predicted molar refractivity (Wildman–Crippen MR) is 121 cm³/mol. The maximum atomic E-state index is 12.7. The summed E-state index contributed by atoms with van der Waals surface area (Å²) >= 11 is 0. The number of nitrogens with zero attached hydrogens (tertiary/aromatic N) is 1. The number of hydrogen-bond donors (Lipinski definition) is 2. The molecule has 0 aromatic heterocycles. The molecule has 0 spiro atoms. The lowest BCUT2D eigenvalue weighted by Crippen LogP contribution is -2.36. The monoisotopic (exact) mass is 409 g/mol. The molecule has 1 aliphatic rings. The zero-order valence-electron chi connectivity index (χ0n) is 18.0. The minimum Gasteiger partial charge on any atom is -0.494 e. The molecule has 1 saturated heterocycles. The highest BCUT2D eigenvalue weighted by Gasteiger charge is 2.16. The Hall–Kier alpha value is -2.86. The fraction of sp³-hybridized carbons (Fsp3) is 0.417. The molecule has 0 radical (unpaired) electrons. The van der Waals surface area contributed by atoms with Crippen LogP contribution in [0.5, 0.6) is 5.75 Å². The highest BCUT2D eigenvalue weighted by molar-refractivity contribution is 6.10. The molecule has 0 aliphatic carbocycles. The second-order valence-corrected chi connectivity index (χ2v) is 7.64. The Morgan fingerprint density at radius 3 is 2.50 bits per heavy atom. The molecule has 1 amide bonds. The summed E-state index contributed by atoms with van der Waals surface area (Å²) in [6, 6.07) is 15.2. The molecule has 30 heavy (non-hydrogen) atoms. The third kappa shape index (κ3) is 6.32. The van der Waals surface area contributed by atoms with Gasteiger partial charge in [-0.2, -0.15) is 0 Å². The molecule has 2 aromatic carbocycles. The normalized spacial score (nSPS) is 16.5. The first kappa shape index (κ1) is 21.8. The van der Waals surface area contributed by atoms with Gasteiger partial charge >= 0.3 is 0 Å². The van der Waals surface area contributed by atoms with Gasteiger partial charge in [0.25, 0.3) is 5.91 Å². The smallest absolute Gasteiger partial charge is 0.257 e. The van der Waals surface area contributed by atoms with Gasteiger partial charge < -0.3 is 14.8 Å². The Balaban J connectivity index is 1.71. The van der Waals surface area contributed by atoms with E-state index in [4.69, 9.17) is 9.47 Å². The zero-order valence-corrected chi connectivity index (χ0v) is 18.0. The Bertz CT molecular complexity index is 839. The Kier molecular flexibility index (Phi) is 7.85. The van der Waals surface area contributed by atoms with Crippen molar-refractivity contribution in [3.63, 3.8) is 0 Å². The number of guanidine groups is 1. The van der Waals surface area contributed by atoms with Crippen LogP contribution in [0.25, 0.3) is 0 Å². The number of anilines is 1. The van der Waals surface area contributed by atoms with Crippen molar-refractivity contribution in [3.05, 3.63) is 59.7 Å². The molecule has 2 N–H and O–H groups in total. The largest absolute Gasteiger partial charge is 0.494 e. The Morgan fingerprint density at radius 1 is 1.17 bits per heavy atom. The van der Waals surface area contributed by atoms with Gasteiger partial charge in [0.2, 0.25) is 5.96 Å². The Labute approximate surface area is 178 Å². The molecule has 2 aromatic rings. The van der Waals surface area contributed by atoms with Crippen LogP contribution in [-0.2, 0) is 4.74 Å². The van der Waals surface area contributed by atoms with Crippen molar-refractivity contribution >= 4 is 17.6 Å². The Morgan fingerprint density at radius 2 is 1.90 bits per heavy atom. The zero-order chi connectivity index (χ0) is 21.3. The summed E-state index contributed by atoms with van der Waals surface area (Å²) in [5.41, 5.74) is 2.68. The standard InChI is InChI=1S/C24H31N3O3/c1-4-29-21-13-9-19(10-14-21)23(28)27-24(25-16-22-6-5-15-30-22)26-20-11-7-18(8-12-20)17(2)3/h7-14,17,22H,4-6,15-16H2,1-3H3,(H2,25,26,27,28)/t22-/m1/s1. The quantitative estimate of drug-likeness (QED) is 0.518. The van der Waals surface area contributed by atoms with Crippen LogP contribution in [0.3, 0.4) is 0 Å². The third-order valence-electron chi connectivity index (χ3n) is 4.98. The highest BCUT2D eigenvalue weighted by Crippen LogP contribution is 2.18. The van der Waals surface area contributed by atoms with Gasteiger partial charge in [-0.15, -0.1) is 0 Å². The second-order valence-electron chi connectivity index (χ2n) is 7.64. The molecular formula is C24H31N3O3. The molecule has 0 unspecified atom stereocenters. The van der Waals surface area contributed by atoms with E-state index in [2.05, 4.69) is 41.6 Å². The predicted octanol–water partition coefficient (Wildman–Crippen LogP) is 4.59. The van der Waals surface area contributed by atoms with Gasteiger partial charge in [-0.3, -0.25) is 10.1 Å². The molecule has 1 aliphatic heterocycles. The minimum atomic E-state index is -0.226. The van der Waals surface area contributed by atoms with E-state index in [1.54, 1.807) is 24.3 Å². The lowest BCUT2D eigenvalue weighted by Gasteiger charge is -2.14. The van der Waals surface area contributed by atoms with Crippen LogP contribution in [0.4, 0.5) is 5.69 Å². The maximum absolute atomic E-state index is 12.7. The number of hydrogen-bond acceptors (Lipinski definition) is 4. The highest BCUT2D eigenvalue weighted by atomic mass is 16.5. The van der Waals surface area contributed by atoms with E-state index in [9.17, 15) is 4.79 Å². The van der Waals surface area contributed by atoms with Gasteiger partial charge in [0.15, 0.2) is 0 Å². The van der Waals surface area contributed by atoms with E-state index >= 15 is 0 Å². The molecule has 6 heteroatoms. The maximum Gasteiger partial charge on any atom is 0.257 e. The number of carbonyl (C=O) groups is 1. The van der Waals surface area contributed by atoms with Crippen LogP contribution >= 0.6 is 0 Å². The van der Waals surface area contributed by atoms with E-state index in [-0.39, 0.29) is 12.0 Å². The van der Waals surface area contributed by atoms with Crippen LogP contribution in [0.1, 0.15) is 55.5 Å². The van der Waals surface area contributed by atoms with Crippen LogP contribution in [0, 0.1) is 0 Å². The minimum absolute atomic E-state index is 0.104. The average molecular weight is 410 g/mol. The topological polar surface area (TPSA) is 72.0 Å². The first-order valence-electron chi connectivity index (χ1n) is 10.6.